The SMILES string of the molecule is CC(CCn1ccc(-c2ccccc2C(F)(F)F)cc1=O)(C(=O)NO)S(C)(=O)=O. The number of halogens is 3. The highest BCUT2D eigenvalue weighted by atomic mass is 32.2. The van der Waals surface area contributed by atoms with E-state index in [9.17, 15) is 31.2 Å². The summed E-state index contributed by atoms with van der Waals surface area (Å²) in [6, 6.07) is 7.12. The third kappa shape index (κ3) is 4.67. The average Bonchev–Trinajstić information content (AvgIpc) is 2.64. The number of benzene rings is 1. The molecule has 29 heavy (non-hydrogen) atoms. The number of sulfone groups is 1. The molecule has 0 bridgehead atoms. The minimum absolute atomic E-state index is 0.0538. The zero-order valence-electron chi connectivity index (χ0n) is 15.5. The molecule has 0 aliphatic rings. The summed E-state index contributed by atoms with van der Waals surface area (Å²) in [5.41, 5.74) is -0.361. The van der Waals surface area contributed by atoms with Gasteiger partial charge in [0.25, 0.3) is 11.5 Å². The quantitative estimate of drug-likeness (QED) is 0.538. The van der Waals surface area contributed by atoms with Crippen molar-refractivity contribution in [1.29, 1.82) is 0 Å². The van der Waals surface area contributed by atoms with E-state index in [0.717, 1.165) is 29.9 Å². The van der Waals surface area contributed by atoms with Crippen LogP contribution in [0.25, 0.3) is 11.1 Å². The van der Waals surface area contributed by atoms with Crippen molar-refractivity contribution in [3.8, 4) is 11.1 Å². The van der Waals surface area contributed by atoms with E-state index < -0.39 is 37.8 Å². The predicted octanol–water partition coefficient (Wildman–Crippen LogP) is 2.23. The highest BCUT2D eigenvalue weighted by Crippen LogP contribution is 2.36. The largest absolute Gasteiger partial charge is 0.417 e. The van der Waals surface area contributed by atoms with E-state index in [0.29, 0.717) is 0 Å². The van der Waals surface area contributed by atoms with Crippen molar-refractivity contribution in [2.45, 2.75) is 30.8 Å². The van der Waals surface area contributed by atoms with Crippen molar-refractivity contribution < 1.29 is 31.6 Å². The molecule has 7 nitrogen and oxygen atoms in total. The molecule has 1 atom stereocenters. The van der Waals surface area contributed by atoms with Crippen LogP contribution in [0.4, 0.5) is 13.2 Å². The number of hydrogen-bond acceptors (Lipinski definition) is 5. The Morgan fingerprint density at radius 2 is 1.83 bits per heavy atom. The second kappa shape index (κ2) is 7.99. The van der Waals surface area contributed by atoms with Gasteiger partial charge in [0.2, 0.25) is 0 Å². The van der Waals surface area contributed by atoms with Gasteiger partial charge >= 0.3 is 6.18 Å². The third-order valence-electron chi connectivity index (χ3n) is 4.77. The van der Waals surface area contributed by atoms with Crippen LogP contribution in [0.3, 0.4) is 0 Å². The van der Waals surface area contributed by atoms with Crippen LogP contribution in [0, 0.1) is 0 Å². The van der Waals surface area contributed by atoms with Crippen LogP contribution >= 0.6 is 0 Å². The molecule has 1 amide bonds. The number of pyridine rings is 1. The number of aryl methyl sites for hydroxylation is 1. The topological polar surface area (TPSA) is 105 Å². The second-order valence-corrected chi connectivity index (χ2v) is 9.13. The van der Waals surface area contributed by atoms with Crippen molar-refractivity contribution in [1.82, 2.24) is 10.0 Å². The second-order valence-electron chi connectivity index (χ2n) is 6.68. The predicted molar refractivity (Wildman–Crippen MR) is 98.9 cm³/mol. The van der Waals surface area contributed by atoms with Gasteiger partial charge in [-0.15, -0.1) is 0 Å². The van der Waals surface area contributed by atoms with E-state index >= 15 is 0 Å². The fourth-order valence-corrected chi connectivity index (χ4v) is 3.61. The maximum Gasteiger partial charge on any atom is 0.417 e. The van der Waals surface area contributed by atoms with Crippen LogP contribution in [0.5, 0.6) is 0 Å². The van der Waals surface area contributed by atoms with E-state index in [2.05, 4.69) is 0 Å². The first-order valence-corrected chi connectivity index (χ1v) is 10.2. The number of nitrogens with zero attached hydrogens (tertiary/aromatic N) is 1. The summed E-state index contributed by atoms with van der Waals surface area (Å²) in [5, 5.41) is 8.82. The van der Waals surface area contributed by atoms with Crippen LogP contribution in [0.2, 0.25) is 0 Å². The summed E-state index contributed by atoms with van der Waals surface area (Å²) in [6.07, 6.45) is -2.89. The van der Waals surface area contributed by atoms with Gasteiger partial charge in [0.15, 0.2) is 14.6 Å². The maximum absolute atomic E-state index is 13.2. The van der Waals surface area contributed by atoms with Gasteiger partial charge in [0.1, 0.15) is 0 Å². The molecule has 2 aromatic rings. The van der Waals surface area contributed by atoms with Crippen molar-refractivity contribution in [2.75, 3.05) is 6.26 Å². The smallest absolute Gasteiger partial charge is 0.315 e. The molecule has 1 aromatic heterocycles. The number of hydrogen-bond donors (Lipinski definition) is 2. The molecule has 0 aliphatic carbocycles. The fraction of sp³-hybridized carbons (Fsp3) is 0.333. The molecular weight excluding hydrogens is 413 g/mol. The number of amides is 1. The first-order valence-electron chi connectivity index (χ1n) is 8.32. The Labute approximate surface area is 164 Å². The molecule has 0 radical (unpaired) electrons. The van der Waals surface area contributed by atoms with Crippen molar-refractivity contribution in [2.24, 2.45) is 0 Å². The highest BCUT2D eigenvalue weighted by Gasteiger charge is 2.43. The maximum atomic E-state index is 13.2. The van der Waals surface area contributed by atoms with Gasteiger partial charge < -0.3 is 4.57 Å². The van der Waals surface area contributed by atoms with Gasteiger partial charge in [0.05, 0.1) is 5.56 Å². The van der Waals surface area contributed by atoms with Crippen LogP contribution in [-0.4, -0.2) is 35.1 Å². The number of rotatable bonds is 6. The number of hydroxylamine groups is 1. The van der Waals surface area contributed by atoms with Gasteiger partial charge in [-0.05, 0) is 36.6 Å². The Morgan fingerprint density at radius 3 is 2.34 bits per heavy atom. The summed E-state index contributed by atoms with van der Waals surface area (Å²) >= 11 is 0. The lowest BCUT2D eigenvalue weighted by molar-refractivity contribution is -0.137. The first kappa shape index (κ1) is 22.6. The van der Waals surface area contributed by atoms with Crippen LogP contribution < -0.4 is 11.0 Å². The van der Waals surface area contributed by atoms with E-state index in [1.165, 1.54) is 35.9 Å². The summed E-state index contributed by atoms with van der Waals surface area (Å²) < 4.78 is 62.6. The number of nitrogens with one attached hydrogen (secondary N) is 1. The van der Waals surface area contributed by atoms with Crippen LogP contribution in [0.1, 0.15) is 18.9 Å². The van der Waals surface area contributed by atoms with Crippen LogP contribution in [0.15, 0.2) is 47.4 Å². The molecule has 1 heterocycles. The Kier molecular flexibility index (Phi) is 6.24. The molecule has 0 aliphatic heterocycles. The minimum atomic E-state index is -4.60. The standard InChI is InChI=1S/C18H19F3N2O5S/c1-17(16(25)22-26,29(2,27)28)8-10-23-9-7-12(11-15(23)24)13-5-3-4-6-14(13)18(19,20)21/h3-7,9,11,26H,8,10H2,1-2H3,(H,22,25). The number of carbonyl (C=O) groups excluding carboxylic acids is 1. The average molecular weight is 432 g/mol. The summed E-state index contributed by atoms with van der Waals surface area (Å²) in [4.78, 5) is 24.2. The van der Waals surface area contributed by atoms with E-state index in [-0.39, 0.29) is 24.1 Å². The Balaban J connectivity index is 2.37. The summed E-state index contributed by atoms with van der Waals surface area (Å²) in [5.74, 6) is -1.15. The monoisotopic (exact) mass is 432 g/mol. The highest BCUT2D eigenvalue weighted by molar-refractivity contribution is 7.92. The normalized spacial score (nSPS) is 14.3. The fourth-order valence-electron chi connectivity index (χ4n) is 2.76. The third-order valence-corrected chi connectivity index (χ3v) is 6.80. The van der Waals surface area contributed by atoms with Gasteiger partial charge in [-0.3, -0.25) is 14.8 Å². The molecule has 0 fully saturated rings. The molecule has 0 saturated heterocycles. The van der Waals surface area contributed by atoms with Gasteiger partial charge in [-0.2, -0.15) is 13.2 Å². The van der Waals surface area contributed by atoms with Crippen molar-refractivity contribution in [3.05, 3.63) is 58.5 Å². The lowest BCUT2D eigenvalue weighted by atomic mass is 10.00. The molecule has 0 spiro atoms. The molecule has 2 N–H and O–H groups in total. The summed E-state index contributed by atoms with van der Waals surface area (Å²) in [7, 11) is -3.94. The van der Waals surface area contributed by atoms with Gasteiger partial charge in [-0.1, -0.05) is 18.2 Å². The molecule has 11 heteroatoms. The van der Waals surface area contributed by atoms with Crippen molar-refractivity contribution in [3.63, 3.8) is 0 Å². The van der Waals surface area contributed by atoms with Crippen molar-refractivity contribution >= 4 is 15.7 Å². The first-order chi connectivity index (χ1) is 13.3. The zero-order chi connectivity index (χ0) is 22.0. The molecule has 158 valence electrons. The molecule has 2 rings (SSSR count). The van der Waals surface area contributed by atoms with E-state index in [4.69, 9.17) is 5.21 Å². The van der Waals surface area contributed by atoms with Crippen LogP contribution in [-0.2, 0) is 27.4 Å². The number of carbonyl (C=O) groups is 1. The Morgan fingerprint density at radius 1 is 1.21 bits per heavy atom. The van der Waals surface area contributed by atoms with E-state index in [1.807, 2.05) is 0 Å². The molecule has 1 unspecified atom stereocenters. The van der Waals surface area contributed by atoms with Gasteiger partial charge in [0, 0.05) is 25.1 Å². The molecule has 0 saturated carbocycles. The lowest BCUT2D eigenvalue weighted by Gasteiger charge is -2.25. The number of aromatic nitrogens is 1. The lowest BCUT2D eigenvalue weighted by Crippen LogP contribution is -2.49. The number of alkyl halides is 3. The zero-order valence-corrected chi connectivity index (χ0v) is 16.3. The minimum Gasteiger partial charge on any atom is -0.315 e. The Bertz CT molecular complexity index is 1080. The molecule has 1 aromatic carbocycles. The van der Waals surface area contributed by atoms with Gasteiger partial charge in [-0.25, -0.2) is 13.9 Å². The summed E-state index contributed by atoms with van der Waals surface area (Å²) in [6.45, 7) is 0.893. The van der Waals surface area contributed by atoms with E-state index in [1.54, 1.807) is 0 Å². The Hall–Kier alpha value is -2.66. The molecular formula is C18H19F3N2O5S.